The molecule has 0 radical (unpaired) electrons. The van der Waals surface area contributed by atoms with Crippen LogP contribution in [-0.2, 0) is 4.79 Å². The summed E-state index contributed by atoms with van der Waals surface area (Å²) in [5.41, 5.74) is 5.39. The van der Waals surface area contributed by atoms with E-state index in [4.69, 9.17) is 22.1 Å². The van der Waals surface area contributed by atoms with Crippen LogP contribution in [-0.4, -0.2) is 36.5 Å². The molecule has 1 saturated carbocycles. The van der Waals surface area contributed by atoms with E-state index >= 15 is 0 Å². The van der Waals surface area contributed by atoms with Crippen molar-refractivity contribution in [3.63, 3.8) is 0 Å². The lowest BCUT2D eigenvalue weighted by Crippen LogP contribution is -2.40. The molecule has 1 aliphatic rings. The summed E-state index contributed by atoms with van der Waals surface area (Å²) in [6.07, 6.45) is 2.14. The van der Waals surface area contributed by atoms with Gasteiger partial charge in [0.1, 0.15) is 12.4 Å². The van der Waals surface area contributed by atoms with E-state index < -0.39 is 0 Å². The number of ether oxygens (including phenoxy) is 1. The standard InChI is InChI=1S/C13H17ClN2O2/c14-10-2-1-3-12(8-10)18-7-6-16(11-4-5-11)13(17)9-15/h1-3,8,11H,4-7,9,15H2. The Bertz CT molecular complexity index is 421. The molecule has 2 rings (SSSR count). The molecule has 98 valence electrons. The fourth-order valence-corrected chi connectivity index (χ4v) is 2.01. The number of rotatable bonds is 6. The molecule has 0 bridgehead atoms. The zero-order chi connectivity index (χ0) is 13.0. The van der Waals surface area contributed by atoms with E-state index in [0.29, 0.717) is 24.2 Å². The van der Waals surface area contributed by atoms with E-state index in [0.717, 1.165) is 18.6 Å². The van der Waals surface area contributed by atoms with Crippen LogP contribution in [0.15, 0.2) is 24.3 Å². The predicted molar refractivity (Wildman–Crippen MR) is 70.7 cm³/mol. The fraction of sp³-hybridized carbons (Fsp3) is 0.462. The van der Waals surface area contributed by atoms with Gasteiger partial charge in [-0.3, -0.25) is 4.79 Å². The van der Waals surface area contributed by atoms with Gasteiger partial charge < -0.3 is 15.4 Å². The van der Waals surface area contributed by atoms with Crippen molar-refractivity contribution in [2.75, 3.05) is 19.7 Å². The molecule has 0 heterocycles. The van der Waals surface area contributed by atoms with Crippen molar-refractivity contribution in [3.05, 3.63) is 29.3 Å². The normalized spacial score (nSPS) is 14.3. The summed E-state index contributed by atoms with van der Waals surface area (Å²) in [5.74, 6) is 0.714. The molecule has 4 nitrogen and oxygen atoms in total. The van der Waals surface area contributed by atoms with Gasteiger partial charge in [0, 0.05) is 11.1 Å². The smallest absolute Gasteiger partial charge is 0.236 e. The topological polar surface area (TPSA) is 55.6 Å². The first-order valence-electron chi connectivity index (χ1n) is 6.08. The molecule has 1 aromatic rings. The average molecular weight is 269 g/mol. The van der Waals surface area contributed by atoms with Crippen molar-refractivity contribution in [3.8, 4) is 5.75 Å². The molecule has 5 heteroatoms. The second kappa shape index (κ2) is 6.07. The number of carbonyl (C=O) groups is 1. The third-order valence-electron chi connectivity index (χ3n) is 2.88. The van der Waals surface area contributed by atoms with E-state index in [1.807, 2.05) is 17.0 Å². The first-order chi connectivity index (χ1) is 8.70. The number of halogens is 1. The summed E-state index contributed by atoms with van der Waals surface area (Å²) in [5, 5.41) is 0.643. The van der Waals surface area contributed by atoms with Crippen molar-refractivity contribution in [1.29, 1.82) is 0 Å². The van der Waals surface area contributed by atoms with Gasteiger partial charge in [0.15, 0.2) is 0 Å². The van der Waals surface area contributed by atoms with Crippen molar-refractivity contribution in [2.24, 2.45) is 5.73 Å². The first kappa shape index (κ1) is 13.2. The van der Waals surface area contributed by atoms with E-state index in [2.05, 4.69) is 0 Å². The fourth-order valence-electron chi connectivity index (χ4n) is 1.83. The summed E-state index contributed by atoms with van der Waals surface area (Å²) in [7, 11) is 0. The van der Waals surface area contributed by atoms with Crippen LogP contribution >= 0.6 is 11.6 Å². The first-order valence-corrected chi connectivity index (χ1v) is 6.46. The number of hydrogen-bond donors (Lipinski definition) is 1. The minimum Gasteiger partial charge on any atom is -0.492 e. The van der Waals surface area contributed by atoms with Crippen LogP contribution in [0, 0.1) is 0 Å². The summed E-state index contributed by atoms with van der Waals surface area (Å²) in [4.78, 5) is 13.4. The Morgan fingerprint density at radius 3 is 2.89 bits per heavy atom. The van der Waals surface area contributed by atoms with Crippen LogP contribution in [0.3, 0.4) is 0 Å². The highest BCUT2D eigenvalue weighted by atomic mass is 35.5. The molecule has 1 fully saturated rings. The van der Waals surface area contributed by atoms with Crippen molar-refractivity contribution in [1.82, 2.24) is 4.90 Å². The van der Waals surface area contributed by atoms with Crippen LogP contribution in [0.1, 0.15) is 12.8 Å². The number of benzene rings is 1. The van der Waals surface area contributed by atoms with Gasteiger partial charge in [-0.25, -0.2) is 0 Å². The third-order valence-corrected chi connectivity index (χ3v) is 3.11. The van der Waals surface area contributed by atoms with Crippen LogP contribution in [0.25, 0.3) is 0 Å². The minimum atomic E-state index is -0.00723. The Morgan fingerprint density at radius 1 is 1.50 bits per heavy atom. The van der Waals surface area contributed by atoms with Crippen LogP contribution in [0.2, 0.25) is 5.02 Å². The molecule has 2 N–H and O–H groups in total. The van der Waals surface area contributed by atoms with E-state index in [1.165, 1.54) is 0 Å². The number of amides is 1. The zero-order valence-corrected chi connectivity index (χ0v) is 10.9. The molecule has 1 aromatic carbocycles. The lowest BCUT2D eigenvalue weighted by molar-refractivity contribution is -0.130. The molecule has 0 aliphatic heterocycles. The number of nitrogens with zero attached hydrogens (tertiary/aromatic N) is 1. The van der Waals surface area contributed by atoms with Crippen LogP contribution < -0.4 is 10.5 Å². The monoisotopic (exact) mass is 268 g/mol. The van der Waals surface area contributed by atoms with Gasteiger partial charge in [-0.1, -0.05) is 17.7 Å². The maximum atomic E-state index is 11.6. The Hall–Kier alpha value is -1.26. The third kappa shape index (κ3) is 3.62. The quantitative estimate of drug-likeness (QED) is 0.854. The molecular formula is C13H17ClN2O2. The van der Waals surface area contributed by atoms with E-state index in [1.54, 1.807) is 12.1 Å². The molecule has 0 saturated heterocycles. The van der Waals surface area contributed by atoms with Crippen molar-refractivity contribution < 1.29 is 9.53 Å². The highest BCUT2D eigenvalue weighted by molar-refractivity contribution is 6.30. The van der Waals surface area contributed by atoms with Gasteiger partial charge in [0.05, 0.1) is 13.1 Å². The highest BCUT2D eigenvalue weighted by Gasteiger charge is 2.31. The van der Waals surface area contributed by atoms with Crippen LogP contribution in [0.4, 0.5) is 0 Å². The largest absolute Gasteiger partial charge is 0.492 e. The molecule has 1 amide bonds. The van der Waals surface area contributed by atoms with Gasteiger partial charge >= 0.3 is 0 Å². The molecular weight excluding hydrogens is 252 g/mol. The molecule has 0 aromatic heterocycles. The number of nitrogens with two attached hydrogens (primary N) is 1. The van der Waals surface area contributed by atoms with Crippen molar-refractivity contribution >= 4 is 17.5 Å². The lowest BCUT2D eigenvalue weighted by Gasteiger charge is -2.21. The van der Waals surface area contributed by atoms with Gasteiger partial charge in [0.2, 0.25) is 5.91 Å². The maximum Gasteiger partial charge on any atom is 0.236 e. The van der Waals surface area contributed by atoms with E-state index in [9.17, 15) is 4.79 Å². The summed E-state index contributed by atoms with van der Waals surface area (Å²) in [6, 6.07) is 7.60. The summed E-state index contributed by atoms with van der Waals surface area (Å²) < 4.78 is 5.57. The summed E-state index contributed by atoms with van der Waals surface area (Å²) >= 11 is 5.86. The second-order valence-electron chi connectivity index (χ2n) is 4.33. The summed E-state index contributed by atoms with van der Waals surface area (Å²) in [6.45, 7) is 1.10. The number of hydrogen-bond acceptors (Lipinski definition) is 3. The second-order valence-corrected chi connectivity index (χ2v) is 4.76. The SMILES string of the molecule is NCC(=O)N(CCOc1cccc(Cl)c1)C1CC1. The van der Waals surface area contributed by atoms with Gasteiger partial charge in [-0.05, 0) is 31.0 Å². The Kier molecular flexibility index (Phi) is 4.44. The molecule has 0 spiro atoms. The lowest BCUT2D eigenvalue weighted by atomic mass is 10.3. The molecule has 0 atom stereocenters. The average Bonchev–Trinajstić information content (AvgIpc) is 3.18. The Balaban J connectivity index is 1.81. The minimum absolute atomic E-state index is 0.00723. The van der Waals surface area contributed by atoms with Gasteiger partial charge in [-0.15, -0.1) is 0 Å². The van der Waals surface area contributed by atoms with Crippen molar-refractivity contribution in [2.45, 2.75) is 18.9 Å². The Morgan fingerprint density at radius 2 is 2.28 bits per heavy atom. The molecule has 18 heavy (non-hydrogen) atoms. The Labute approximate surface area is 112 Å². The van der Waals surface area contributed by atoms with Gasteiger partial charge in [0.25, 0.3) is 0 Å². The van der Waals surface area contributed by atoms with Crippen LogP contribution in [0.5, 0.6) is 5.75 Å². The zero-order valence-electron chi connectivity index (χ0n) is 10.1. The predicted octanol–water partition coefficient (Wildman–Crippen LogP) is 1.67. The highest BCUT2D eigenvalue weighted by Crippen LogP contribution is 2.26. The van der Waals surface area contributed by atoms with Gasteiger partial charge in [-0.2, -0.15) is 0 Å². The molecule has 0 unspecified atom stereocenters. The number of carbonyl (C=O) groups excluding carboxylic acids is 1. The molecule has 1 aliphatic carbocycles. The van der Waals surface area contributed by atoms with E-state index in [-0.39, 0.29) is 12.5 Å². The maximum absolute atomic E-state index is 11.6.